The average Bonchev–Trinajstić information content (AvgIpc) is 3.34. The summed E-state index contributed by atoms with van der Waals surface area (Å²) in [5.41, 5.74) is 1.75. The molecule has 3 N–H and O–H groups in total. The third kappa shape index (κ3) is 5.50. The number of sulfonamides is 1. The number of aromatic amines is 1. The van der Waals surface area contributed by atoms with E-state index in [0.29, 0.717) is 11.1 Å². The first-order valence-electron chi connectivity index (χ1n) is 10.5. The van der Waals surface area contributed by atoms with Crippen molar-refractivity contribution < 1.29 is 22.7 Å². The van der Waals surface area contributed by atoms with Gasteiger partial charge in [-0.05, 0) is 54.8 Å². The molecule has 0 saturated heterocycles. The van der Waals surface area contributed by atoms with Crippen LogP contribution in [0.2, 0.25) is 5.02 Å². The van der Waals surface area contributed by atoms with Crippen LogP contribution in [0, 0.1) is 19.7 Å². The fraction of sp³-hybridized carbons (Fsp3) is 0.364. The van der Waals surface area contributed by atoms with Crippen LogP contribution in [0.4, 0.5) is 4.39 Å². The number of H-pyrrole nitrogens is 1. The van der Waals surface area contributed by atoms with Crippen molar-refractivity contribution in [1.29, 1.82) is 0 Å². The van der Waals surface area contributed by atoms with Gasteiger partial charge >= 0.3 is 0 Å². The molecular weight excluding hydrogens is 499 g/mol. The Balaban J connectivity index is 2.04. The third-order valence-corrected chi connectivity index (χ3v) is 7.64. The van der Waals surface area contributed by atoms with Crippen molar-refractivity contribution >= 4 is 27.5 Å². The molecule has 188 valence electrons. The van der Waals surface area contributed by atoms with Crippen molar-refractivity contribution in [3.63, 3.8) is 0 Å². The normalized spacial score (nSPS) is 14.4. The number of likely N-dealkylation sites (N-methyl/N-ethyl adjacent to an activating group) is 1. The molecule has 35 heavy (non-hydrogen) atoms. The van der Waals surface area contributed by atoms with Crippen molar-refractivity contribution in [2.75, 3.05) is 14.1 Å². The quantitative estimate of drug-likeness (QED) is 0.411. The Morgan fingerprint density at radius 3 is 2.51 bits per heavy atom. The standard InChI is InChI=1S/C22H26ClFN6O4S/c1-11-6-9-17(24)18(12(11)2)13(3)19(21-25-28-29-26-21)27-35(33,34)14-7-8-16(23)15(10-14)20(31)22(32)30(4)5/h6-10,13,19-20,27,31H,1-5H3,(H,25,26,28,29)/t13-,19+,20-/m1/s1. The topological polar surface area (TPSA) is 141 Å². The lowest BCUT2D eigenvalue weighted by Gasteiger charge is -2.25. The number of benzene rings is 2. The minimum absolute atomic E-state index is 0.0124. The molecule has 2 aromatic carbocycles. The molecule has 1 heterocycles. The Bertz CT molecular complexity index is 1330. The summed E-state index contributed by atoms with van der Waals surface area (Å²) in [4.78, 5) is 13.1. The molecule has 0 aliphatic carbocycles. The number of aryl methyl sites for hydroxylation is 1. The van der Waals surface area contributed by atoms with E-state index in [4.69, 9.17) is 11.6 Å². The van der Waals surface area contributed by atoms with E-state index in [2.05, 4.69) is 25.3 Å². The average molecular weight is 525 g/mol. The maximum atomic E-state index is 14.8. The molecule has 13 heteroatoms. The molecule has 0 radical (unpaired) electrons. The monoisotopic (exact) mass is 524 g/mol. The van der Waals surface area contributed by atoms with Crippen LogP contribution in [0.3, 0.4) is 0 Å². The second kappa shape index (κ2) is 10.4. The first-order chi connectivity index (χ1) is 16.3. The van der Waals surface area contributed by atoms with Crippen LogP contribution in [0.15, 0.2) is 35.2 Å². The molecule has 3 rings (SSSR count). The molecule has 10 nitrogen and oxygen atoms in total. The molecular formula is C22H26ClFN6O4S. The predicted octanol–water partition coefficient (Wildman–Crippen LogP) is 2.55. The van der Waals surface area contributed by atoms with Gasteiger partial charge in [0.05, 0.1) is 10.9 Å². The molecule has 0 spiro atoms. The molecule has 1 amide bonds. The number of aromatic nitrogens is 4. The van der Waals surface area contributed by atoms with Crippen LogP contribution in [0.1, 0.15) is 53.1 Å². The van der Waals surface area contributed by atoms with Gasteiger partial charge in [0.2, 0.25) is 10.0 Å². The second-order valence-corrected chi connectivity index (χ2v) is 10.5. The Hall–Kier alpha value is -2.93. The molecule has 0 fully saturated rings. The van der Waals surface area contributed by atoms with E-state index >= 15 is 0 Å². The highest BCUT2D eigenvalue weighted by Crippen LogP contribution is 2.35. The van der Waals surface area contributed by atoms with Crippen molar-refractivity contribution in [3.8, 4) is 0 Å². The zero-order valence-electron chi connectivity index (χ0n) is 19.7. The van der Waals surface area contributed by atoms with Gasteiger partial charge in [-0.25, -0.2) is 12.8 Å². The molecule has 3 atom stereocenters. The lowest BCUT2D eigenvalue weighted by atomic mass is 9.88. The lowest BCUT2D eigenvalue weighted by molar-refractivity contribution is -0.137. The number of nitrogens with one attached hydrogen (secondary N) is 2. The predicted molar refractivity (Wildman–Crippen MR) is 127 cm³/mol. The summed E-state index contributed by atoms with van der Waals surface area (Å²) < 4.78 is 44.1. The van der Waals surface area contributed by atoms with E-state index in [-0.39, 0.29) is 21.3 Å². The number of aliphatic hydroxyl groups excluding tert-OH is 1. The highest BCUT2D eigenvalue weighted by atomic mass is 35.5. The van der Waals surface area contributed by atoms with E-state index in [9.17, 15) is 22.7 Å². The van der Waals surface area contributed by atoms with Gasteiger partial charge in [-0.1, -0.05) is 29.8 Å². The summed E-state index contributed by atoms with van der Waals surface area (Å²) >= 11 is 6.14. The van der Waals surface area contributed by atoms with E-state index in [1.165, 1.54) is 32.3 Å². The molecule has 0 bridgehead atoms. The van der Waals surface area contributed by atoms with E-state index in [1.807, 2.05) is 6.92 Å². The largest absolute Gasteiger partial charge is 0.378 e. The SMILES string of the molecule is Cc1ccc(F)c([C@@H](C)[C@H](NS(=O)(=O)c2ccc(Cl)c([C@@H](O)C(=O)N(C)C)c2)c2nn[nH]n2)c1C. The molecule has 1 aromatic heterocycles. The fourth-order valence-corrected chi connectivity index (χ4v) is 5.25. The number of carbonyl (C=O) groups is 1. The molecule has 0 unspecified atom stereocenters. The molecule has 0 saturated carbocycles. The van der Waals surface area contributed by atoms with Crippen molar-refractivity contribution in [1.82, 2.24) is 30.2 Å². The number of amides is 1. The Kier molecular flexibility index (Phi) is 7.90. The maximum Gasteiger partial charge on any atom is 0.255 e. The van der Waals surface area contributed by atoms with Gasteiger partial charge in [0.25, 0.3) is 5.91 Å². The number of hydrogen-bond acceptors (Lipinski definition) is 7. The van der Waals surface area contributed by atoms with Gasteiger partial charge in [-0.15, -0.1) is 10.2 Å². The summed E-state index contributed by atoms with van der Waals surface area (Å²) in [7, 11) is -1.38. The number of tetrazole rings is 1. The van der Waals surface area contributed by atoms with Crippen LogP contribution < -0.4 is 4.72 Å². The summed E-state index contributed by atoms with van der Waals surface area (Å²) in [6.45, 7) is 5.23. The zero-order chi connectivity index (χ0) is 26.1. The summed E-state index contributed by atoms with van der Waals surface area (Å²) in [5.74, 6) is -1.88. The summed E-state index contributed by atoms with van der Waals surface area (Å²) in [5, 5.41) is 24.1. The Morgan fingerprint density at radius 2 is 1.91 bits per heavy atom. The van der Waals surface area contributed by atoms with Gasteiger partial charge in [0, 0.05) is 30.6 Å². The molecule has 0 aliphatic rings. The van der Waals surface area contributed by atoms with Gasteiger partial charge in [-0.2, -0.15) is 9.94 Å². The van der Waals surface area contributed by atoms with Crippen molar-refractivity contribution in [2.24, 2.45) is 0 Å². The number of aliphatic hydroxyl groups is 1. The highest BCUT2D eigenvalue weighted by Gasteiger charge is 2.33. The van der Waals surface area contributed by atoms with Gasteiger partial charge in [0.15, 0.2) is 11.9 Å². The molecule has 0 aliphatic heterocycles. The summed E-state index contributed by atoms with van der Waals surface area (Å²) in [6, 6.07) is 5.50. The van der Waals surface area contributed by atoms with Crippen LogP contribution in [0.25, 0.3) is 0 Å². The van der Waals surface area contributed by atoms with Gasteiger partial charge < -0.3 is 10.0 Å². The third-order valence-electron chi connectivity index (χ3n) is 5.86. The number of hydrogen-bond donors (Lipinski definition) is 3. The van der Waals surface area contributed by atoms with Crippen molar-refractivity contribution in [2.45, 2.75) is 43.7 Å². The zero-order valence-corrected chi connectivity index (χ0v) is 21.3. The van der Waals surface area contributed by atoms with Crippen LogP contribution in [-0.2, 0) is 14.8 Å². The van der Waals surface area contributed by atoms with E-state index in [0.717, 1.165) is 16.5 Å². The van der Waals surface area contributed by atoms with Crippen LogP contribution >= 0.6 is 11.6 Å². The fourth-order valence-electron chi connectivity index (χ4n) is 3.72. The van der Waals surface area contributed by atoms with Crippen molar-refractivity contribution in [3.05, 3.63) is 69.2 Å². The highest BCUT2D eigenvalue weighted by molar-refractivity contribution is 7.89. The minimum Gasteiger partial charge on any atom is -0.378 e. The molecule has 3 aromatic rings. The van der Waals surface area contributed by atoms with E-state index < -0.39 is 39.8 Å². The first kappa shape index (κ1) is 26.7. The maximum absolute atomic E-state index is 14.8. The summed E-state index contributed by atoms with van der Waals surface area (Å²) in [6.07, 6.45) is -1.66. The minimum atomic E-state index is -4.28. The second-order valence-electron chi connectivity index (χ2n) is 8.38. The lowest BCUT2D eigenvalue weighted by Crippen LogP contribution is -2.33. The number of halogens is 2. The van der Waals surface area contributed by atoms with Gasteiger partial charge in [-0.3, -0.25) is 4.79 Å². The smallest absolute Gasteiger partial charge is 0.255 e. The van der Waals surface area contributed by atoms with Crippen LogP contribution in [-0.4, -0.2) is 59.1 Å². The Labute approximate surface area is 207 Å². The van der Waals surface area contributed by atoms with Crippen LogP contribution in [0.5, 0.6) is 0 Å². The number of carbonyl (C=O) groups excluding carboxylic acids is 1. The number of nitrogens with zero attached hydrogens (tertiary/aromatic N) is 4. The number of rotatable bonds is 8. The van der Waals surface area contributed by atoms with E-state index in [1.54, 1.807) is 19.9 Å². The van der Waals surface area contributed by atoms with Gasteiger partial charge in [0.1, 0.15) is 5.82 Å². The Morgan fingerprint density at radius 1 is 1.23 bits per heavy atom. The first-order valence-corrected chi connectivity index (χ1v) is 12.4.